The molecule has 174 valence electrons. The van der Waals surface area contributed by atoms with E-state index in [0.29, 0.717) is 28.6 Å². The van der Waals surface area contributed by atoms with Gasteiger partial charge in [0.15, 0.2) is 28.4 Å². The molecule has 0 aliphatic rings. The number of hydrogen-bond donors (Lipinski definition) is 2. The molecule has 0 saturated heterocycles. The first-order valence-corrected chi connectivity index (χ1v) is 11.2. The van der Waals surface area contributed by atoms with Crippen LogP contribution < -0.4 is 10.6 Å². The first kappa shape index (κ1) is 24.6. The molecule has 1 aromatic heterocycles. The summed E-state index contributed by atoms with van der Waals surface area (Å²) in [5.41, 5.74) is 0.308. The van der Waals surface area contributed by atoms with E-state index >= 15 is 0 Å². The molecule has 0 saturated carbocycles. The lowest BCUT2D eigenvalue weighted by Crippen LogP contribution is -2.34. The van der Waals surface area contributed by atoms with E-state index in [0.717, 1.165) is 29.8 Å². The molecule has 2 aromatic carbocycles. The molecule has 0 radical (unpaired) electrons. The average molecular weight is 498 g/mol. The van der Waals surface area contributed by atoms with E-state index < -0.39 is 41.5 Å². The van der Waals surface area contributed by atoms with Crippen molar-refractivity contribution in [2.75, 3.05) is 17.6 Å². The lowest BCUT2D eigenvalue weighted by molar-refractivity contribution is -0.122. The van der Waals surface area contributed by atoms with Crippen molar-refractivity contribution in [3.05, 3.63) is 58.9 Å². The van der Waals surface area contributed by atoms with Gasteiger partial charge in [0.1, 0.15) is 0 Å². The van der Waals surface area contributed by atoms with Crippen LogP contribution in [0.1, 0.15) is 13.3 Å². The number of benzene rings is 2. The molecule has 7 nitrogen and oxygen atoms in total. The van der Waals surface area contributed by atoms with Crippen molar-refractivity contribution in [1.29, 1.82) is 0 Å². The van der Waals surface area contributed by atoms with Crippen molar-refractivity contribution in [2.45, 2.75) is 25.0 Å². The number of anilines is 1. The second kappa shape index (κ2) is 11.2. The number of rotatable bonds is 9. The molecule has 0 spiro atoms. The highest BCUT2D eigenvalue weighted by atomic mass is 35.5. The molecular weight excluding hydrogens is 479 g/mol. The summed E-state index contributed by atoms with van der Waals surface area (Å²) in [5, 5.41) is 14.0. The van der Waals surface area contributed by atoms with E-state index in [1.54, 1.807) is 12.1 Å². The van der Waals surface area contributed by atoms with Gasteiger partial charge in [-0.3, -0.25) is 9.59 Å². The Morgan fingerprint density at radius 3 is 2.45 bits per heavy atom. The van der Waals surface area contributed by atoms with Gasteiger partial charge in [0.2, 0.25) is 11.8 Å². The highest BCUT2D eigenvalue weighted by molar-refractivity contribution is 7.99. The average Bonchev–Trinajstić information content (AvgIpc) is 3.20. The third kappa shape index (κ3) is 6.26. The van der Waals surface area contributed by atoms with Crippen LogP contribution in [0.5, 0.6) is 0 Å². The van der Waals surface area contributed by atoms with Gasteiger partial charge in [-0.25, -0.2) is 13.2 Å². The number of carbonyl (C=O) groups is 2. The minimum Gasteiger partial charge on any atom is -0.346 e. The van der Waals surface area contributed by atoms with Crippen LogP contribution in [0, 0.1) is 17.5 Å². The van der Waals surface area contributed by atoms with E-state index in [9.17, 15) is 22.8 Å². The van der Waals surface area contributed by atoms with Crippen molar-refractivity contribution in [3.8, 4) is 11.4 Å². The van der Waals surface area contributed by atoms with Crippen LogP contribution in [0.3, 0.4) is 0 Å². The summed E-state index contributed by atoms with van der Waals surface area (Å²) in [6, 6.07) is 8.73. The zero-order chi connectivity index (χ0) is 24.0. The Kier molecular flexibility index (Phi) is 8.34. The predicted molar refractivity (Wildman–Crippen MR) is 119 cm³/mol. The van der Waals surface area contributed by atoms with Gasteiger partial charge in [0.25, 0.3) is 0 Å². The number of halogens is 4. The summed E-state index contributed by atoms with van der Waals surface area (Å²) >= 11 is 7.08. The second-order valence-electron chi connectivity index (χ2n) is 6.80. The molecule has 1 heterocycles. The Hall–Kier alpha value is -3.05. The van der Waals surface area contributed by atoms with Crippen LogP contribution in [0.2, 0.25) is 5.02 Å². The zero-order valence-corrected chi connectivity index (χ0v) is 18.9. The van der Waals surface area contributed by atoms with Crippen molar-refractivity contribution in [2.24, 2.45) is 0 Å². The first-order chi connectivity index (χ1) is 15.8. The standard InChI is InChI=1S/C21H19ClF3N5O2S/c1-2-9-30-20(12-3-5-13(22)6-4-12)28-29-21(30)33-11-17(32)26-10-16(31)27-15-8-7-14(23)18(24)19(15)25/h3-8H,2,9-11H2,1H3,(H,26,32)(H,27,31). The Bertz CT molecular complexity index is 1160. The van der Waals surface area contributed by atoms with E-state index in [2.05, 4.69) is 20.8 Å². The number of thioether (sulfide) groups is 1. The van der Waals surface area contributed by atoms with Crippen LogP contribution in [0.4, 0.5) is 18.9 Å². The fourth-order valence-corrected chi connectivity index (χ4v) is 3.73. The number of hydrogen-bond acceptors (Lipinski definition) is 5. The molecule has 0 aliphatic heterocycles. The van der Waals surface area contributed by atoms with Gasteiger partial charge in [0.05, 0.1) is 18.0 Å². The highest BCUT2D eigenvalue weighted by Gasteiger charge is 2.17. The molecule has 0 aliphatic carbocycles. The Morgan fingerprint density at radius 1 is 1.03 bits per heavy atom. The van der Waals surface area contributed by atoms with E-state index in [4.69, 9.17) is 11.6 Å². The molecule has 0 atom stereocenters. The maximum atomic E-state index is 13.6. The third-order valence-corrected chi connectivity index (χ3v) is 5.57. The van der Waals surface area contributed by atoms with Gasteiger partial charge < -0.3 is 15.2 Å². The van der Waals surface area contributed by atoms with E-state index in [1.807, 2.05) is 23.6 Å². The molecule has 2 amide bonds. The number of carbonyl (C=O) groups excluding carboxylic acids is 2. The maximum absolute atomic E-state index is 13.6. The fraction of sp³-hybridized carbons (Fsp3) is 0.238. The van der Waals surface area contributed by atoms with Crippen LogP contribution in [-0.2, 0) is 16.1 Å². The van der Waals surface area contributed by atoms with E-state index in [1.165, 1.54) is 0 Å². The normalized spacial score (nSPS) is 10.8. The summed E-state index contributed by atoms with van der Waals surface area (Å²) < 4.78 is 41.7. The quantitative estimate of drug-likeness (QED) is 0.340. The Morgan fingerprint density at radius 2 is 1.76 bits per heavy atom. The van der Waals surface area contributed by atoms with Crippen molar-refractivity contribution < 1.29 is 22.8 Å². The first-order valence-electron chi connectivity index (χ1n) is 9.82. The van der Waals surface area contributed by atoms with Gasteiger partial charge in [-0.15, -0.1) is 10.2 Å². The molecule has 2 N–H and O–H groups in total. The topological polar surface area (TPSA) is 88.9 Å². The van der Waals surface area contributed by atoms with Crippen molar-refractivity contribution in [3.63, 3.8) is 0 Å². The monoisotopic (exact) mass is 497 g/mol. The summed E-state index contributed by atoms with van der Waals surface area (Å²) in [6.07, 6.45) is 0.819. The lowest BCUT2D eigenvalue weighted by Gasteiger charge is -2.10. The summed E-state index contributed by atoms with van der Waals surface area (Å²) in [7, 11) is 0. The molecule has 3 aromatic rings. The predicted octanol–water partition coefficient (Wildman–Crippen LogP) is 4.27. The molecule has 0 unspecified atom stereocenters. The Labute approximate surface area is 196 Å². The molecular formula is C21H19ClF3N5O2S. The van der Waals surface area contributed by atoms with E-state index in [-0.39, 0.29) is 5.75 Å². The SMILES string of the molecule is CCCn1c(SCC(=O)NCC(=O)Nc2ccc(F)c(F)c2F)nnc1-c1ccc(Cl)cc1. The van der Waals surface area contributed by atoms with Gasteiger partial charge in [-0.05, 0) is 42.8 Å². The summed E-state index contributed by atoms with van der Waals surface area (Å²) in [5.74, 6) is -5.25. The maximum Gasteiger partial charge on any atom is 0.243 e. The molecule has 3 rings (SSSR count). The van der Waals surface area contributed by atoms with Crippen LogP contribution in [-0.4, -0.2) is 38.9 Å². The Balaban J connectivity index is 1.56. The number of nitrogens with zero attached hydrogens (tertiary/aromatic N) is 3. The molecule has 12 heteroatoms. The van der Waals surface area contributed by atoms with Crippen LogP contribution in [0.25, 0.3) is 11.4 Å². The zero-order valence-electron chi connectivity index (χ0n) is 17.4. The molecule has 0 bridgehead atoms. The number of aromatic nitrogens is 3. The number of nitrogens with one attached hydrogen (secondary N) is 2. The number of amides is 2. The van der Waals surface area contributed by atoms with Crippen LogP contribution >= 0.6 is 23.4 Å². The summed E-state index contributed by atoms with van der Waals surface area (Å²) in [4.78, 5) is 24.1. The van der Waals surface area contributed by atoms with Crippen molar-refractivity contribution >= 4 is 40.9 Å². The minimum atomic E-state index is -1.69. The van der Waals surface area contributed by atoms with Gasteiger partial charge in [-0.1, -0.05) is 30.3 Å². The van der Waals surface area contributed by atoms with Gasteiger partial charge in [0, 0.05) is 17.1 Å². The summed E-state index contributed by atoms with van der Waals surface area (Å²) in [6.45, 7) is 2.16. The van der Waals surface area contributed by atoms with Gasteiger partial charge in [-0.2, -0.15) is 0 Å². The minimum absolute atomic E-state index is 0.0463. The molecule has 0 fully saturated rings. The lowest BCUT2D eigenvalue weighted by atomic mass is 10.2. The van der Waals surface area contributed by atoms with Crippen LogP contribution in [0.15, 0.2) is 41.6 Å². The third-order valence-electron chi connectivity index (χ3n) is 4.35. The molecule has 33 heavy (non-hydrogen) atoms. The van der Waals surface area contributed by atoms with Gasteiger partial charge >= 0.3 is 0 Å². The second-order valence-corrected chi connectivity index (χ2v) is 8.18. The smallest absolute Gasteiger partial charge is 0.243 e. The van der Waals surface area contributed by atoms with Crippen molar-refractivity contribution in [1.82, 2.24) is 20.1 Å². The highest BCUT2D eigenvalue weighted by Crippen LogP contribution is 2.25. The largest absolute Gasteiger partial charge is 0.346 e. The fourth-order valence-electron chi connectivity index (χ4n) is 2.81.